The lowest BCUT2D eigenvalue weighted by molar-refractivity contribution is -0.384. The van der Waals surface area contributed by atoms with E-state index >= 15 is 0 Å². The zero-order valence-corrected chi connectivity index (χ0v) is 12.8. The van der Waals surface area contributed by atoms with Crippen molar-refractivity contribution in [3.63, 3.8) is 0 Å². The number of nitro groups is 1. The van der Waals surface area contributed by atoms with Crippen molar-refractivity contribution in [2.75, 3.05) is 5.32 Å². The minimum Gasteiger partial charge on any atom is -0.375 e. The first kappa shape index (κ1) is 14.0. The summed E-state index contributed by atoms with van der Waals surface area (Å²) in [5.41, 5.74) is 0.626. The van der Waals surface area contributed by atoms with Crippen LogP contribution in [0.15, 0.2) is 34.8 Å². The Morgan fingerprint density at radius 3 is 2.68 bits per heavy atom. The Balaban J connectivity index is 2.14. The molecule has 1 heterocycles. The largest absolute Gasteiger partial charge is 0.375 e. The monoisotopic (exact) mass is 340 g/mol. The van der Waals surface area contributed by atoms with E-state index in [1.807, 2.05) is 0 Å². The normalized spacial score (nSPS) is 10.4. The van der Waals surface area contributed by atoms with Crippen LogP contribution in [0.2, 0.25) is 0 Å². The molecule has 0 saturated carbocycles. The van der Waals surface area contributed by atoms with Crippen molar-refractivity contribution < 1.29 is 4.92 Å². The molecule has 2 aromatic rings. The average Bonchev–Trinajstić information content (AvgIpc) is 2.84. The molecule has 4 nitrogen and oxygen atoms in total. The minimum absolute atomic E-state index is 0.0930. The van der Waals surface area contributed by atoms with Crippen LogP contribution in [0.4, 0.5) is 11.4 Å². The first-order valence-corrected chi connectivity index (χ1v) is 7.46. The van der Waals surface area contributed by atoms with E-state index in [-0.39, 0.29) is 10.6 Å². The SMILES string of the molecule is CCc1ccc(CNc2cc(Br)ccc2[N+](=O)[O-])s1. The summed E-state index contributed by atoms with van der Waals surface area (Å²) in [7, 11) is 0. The van der Waals surface area contributed by atoms with Gasteiger partial charge in [0.05, 0.1) is 4.92 Å². The number of anilines is 1. The molecule has 0 bridgehead atoms. The van der Waals surface area contributed by atoms with Crippen LogP contribution < -0.4 is 5.32 Å². The molecule has 0 spiro atoms. The van der Waals surface area contributed by atoms with Crippen LogP contribution >= 0.6 is 27.3 Å². The van der Waals surface area contributed by atoms with Gasteiger partial charge in [0.1, 0.15) is 5.69 Å². The van der Waals surface area contributed by atoms with Crippen LogP contribution in [-0.2, 0) is 13.0 Å². The van der Waals surface area contributed by atoms with Crippen molar-refractivity contribution in [2.24, 2.45) is 0 Å². The summed E-state index contributed by atoms with van der Waals surface area (Å²) in [6.45, 7) is 2.71. The summed E-state index contributed by atoms with van der Waals surface area (Å²) >= 11 is 5.05. The van der Waals surface area contributed by atoms with Crippen LogP contribution in [0.1, 0.15) is 16.7 Å². The van der Waals surface area contributed by atoms with Crippen LogP contribution in [0.25, 0.3) is 0 Å². The van der Waals surface area contributed by atoms with E-state index < -0.39 is 0 Å². The van der Waals surface area contributed by atoms with Gasteiger partial charge in [0.2, 0.25) is 0 Å². The maximum Gasteiger partial charge on any atom is 0.292 e. The van der Waals surface area contributed by atoms with E-state index in [1.54, 1.807) is 23.5 Å². The highest BCUT2D eigenvalue weighted by molar-refractivity contribution is 9.10. The van der Waals surface area contributed by atoms with Crippen molar-refractivity contribution in [2.45, 2.75) is 19.9 Å². The molecule has 1 aromatic carbocycles. The van der Waals surface area contributed by atoms with E-state index in [0.29, 0.717) is 12.2 Å². The fraction of sp³-hybridized carbons (Fsp3) is 0.231. The summed E-state index contributed by atoms with van der Waals surface area (Å²) in [6.07, 6.45) is 1.02. The number of rotatable bonds is 5. The average molecular weight is 341 g/mol. The van der Waals surface area contributed by atoms with Gasteiger partial charge in [-0.1, -0.05) is 22.9 Å². The van der Waals surface area contributed by atoms with Gasteiger partial charge >= 0.3 is 0 Å². The molecular weight excluding hydrogens is 328 g/mol. The quantitative estimate of drug-likeness (QED) is 0.639. The minimum atomic E-state index is -0.374. The summed E-state index contributed by atoms with van der Waals surface area (Å²) in [4.78, 5) is 13.1. The molecule has 0 unspecified atom stereocenters. The van der Waals surface area contributed by atoms with Gasteiger partial charge in [0.15, 0.2) is 0 Å². The van der Waals surface area contributed by atoms with Gasteiger partial charge in [-0.05, 0) is 30.7 Å². The molecule has 1 aromatic heterocycles. The zero-order chi connectivity index (χ0) is 13.8. The summed E-state index contributed by atoms with van der Waals surface area (Å²) in [6, 6.07) is 9.05. The maximum atomic E-state index is 10.9. The molecule has 0 radical (unpaired) electrons. The molecular formula is C13H13BrN2O2S. The van der Waals surface area contributed by atoms with Crippen LogP contribution in [0, 0.1) is 10.1 Å². The third-order valence-corrected chi connectivity index (χ3v) is 4.40. The van der Waals surface area contributed by atoms with E-state index in [9.17, 15) is 10.1 Å². The maximum absolute atomic E-state index is 10.9. The fourth-order valence-corrected chi connectivity index (χ4v) is 2.96. The predicted molar refractivity (Wildman–Crippen MR) is 81.8 cm³/mol. The number of nitro benzene ring substituents is 1. The van der Waals surface area contributed by atoms with Gasteiger partial charge in [0, 0.05) is 26.8 Å². The van der Waals surface area contributed by atoms with Crippen molar-refractivity contribution in [3.8, 4) is 0 Å². The first-order valence-electron chi connectivity index (χ1n) is 5.85. The van der Waals surface area contributed by atoms with E-state index in [1.165, 1.54) is 15.8 Å². The molecule has 2 rings (SSSR count). The smallest absolute Gasteiger partial charge is 0.292 e. The molecule has 0 fully saturated rings. The molecule has 6 heteroatoms. The number of benzene rings is 1. The fourth-order valence-electron chi connectivity index (χ4n) is 1.70. The molecule has 0 aliphatic heterocycles. The Kier molecular flexibility index (Phi) is 4.55. The van der Waals surface area contributed by atoms with Crippen LogP contribution in [0.3, 0.4) is 0 Å². The molecule has 0 aliphatic carbocycles. The van der Waals surface area contributed by atoms with Crippen molar-refractivity contribution in [1.82, 2.24) is 0 Å². The summed E-state index contributed by atoms with van der Waals surface area (Å²) < 4.78 is 0.820. The number of nitrogens with one attached hydrogen (secondary N) is 1. The molecule has 0 saturated heterocycles. The third kappa shape index (κ3) is 3.54. The van der Waals surface area contributed by atoms with Crippen molar-refractivity contribution in [3.05, 3.63) is 54.7 Å². The van der Waals surface area contributed by atoms with E-state index in [4.69, 9.17) is 0 Å². The molecule has 100 valence electrons. The molecule has 1 N–H and O–H groups in total. The van der Waals surface area contributed by atoms with Gasteiger partial charge in [-0.25, -0.2) is 0 Å². The molecule has 19 heavy (non-hydrogen) atoms. The predicted octanol–water partition coefficient (Wildman–Crippen LogP) is 4.59. The Bertz CT molecular complexity index is 598. The third-order valence-electron chi connectivity index (χ3n) is 2.67. The van der Waals surface area contributed by atoms with Gasteiger partial charge < -0.3 is 5.32 Å². The van der Waals surface area contributed by atoms with Crippen LogP contribution in [0.5, 0.6) is 0 Å². The molecule has 0 aliphatic rings. The lowest BCUT2D eigenvalue weighted by Gasteiger charge is -2.06. The standard InChI is InChI=1S/C13H13BrN2O2S/c1-2-10-4-5-11(19-10)8-15-12-7-9(14)3-6-13(12)16(17)18/h3-7,15H,2,8H2,1H3. The zero-order valence-electron chi connectivity index (χ0n) is 10.4. The van der Waals surface area contributed by atoms with Gasteiger partial charge in [-0.3, -0.25) is 10.1 Å². The van der Waals surface area contributed by atoms with Crippen molar-refractivity contribution in [1.29, 1.82) is 0 Å². The number of thiophene rings is 1. The Morgan fingerprint density at radius 1 is 1.32 bits per heavy atom. The first-order chi connectivity index (χ1) is 9.10. The Hall–Kier alpha value is -1.40. The lowest BCUT2D eigenvalue weighted by Crippen LogP contribution is -2.01. The highest BCUT2D eigenvalue weighted by Gasteiger charge is 2.13. The van der Waals surface area contributed by atoms with E-state index in [2.05, 4.69) is 40.3 Å². The second-order valence-corrected chi connectivity index (χ2v) is 6.16. The Labute approximate surface area is 123 Å². The van der Waals surface area contributed by atoms with E-state index in [0.717, 1.165) is 10.9 Å². The molecule has 0 amide bonds. The second-order valence-electron chi connectivity index (χ2n) is 3.99. The second kappa shape index (κ2) is 6.16. The van der Waals surface area contributed by atoms with Crippen molar-refractivity contribution >= 4 is 38.6 Å². The highest BCUT2D eigenvalue weighted by atomic mass is 79.9. The van der Waals surface area contributed by atoms with Crippen LogP contribution in [-0.4, -0.2) is 4.92 Å². The summed E-state index contributed by atoms with van der Waals surface area (Å²) in [5, 5.41) is 14.1. The number of hydrogen-bond acceptors (Lipinski definition) is 4. The number of hydrogen-bond donors (Lipinski definition) is 1. The molecule has 0 atom stereocenters. The summed E-state index contributed by atoms with van der Waals surface area (Å²) in [5.74, 6) is 0. The number of aryl methyl sites for hydroxylation is 1. The topological polar surface area (TPSA) is 55.2 Å². The van der Waals surface area contributed by atoms with Gasteiger partial charge in [-0.2, -0.15) is 0 Å². The Morgan fingerprint density at radius 2 is 2.05 bits per heavy atom. The van der Waals surface area contributed by atoms with Gasteiger partial charge in [0.25, 0.3) is 5.69 Å². The highest BCUT2D eigenvalue weighted by Crippen LogP contribution is 2.29. The number of nitrogens with zero attached hydrogens (tertiary/aromatic N) is 1. The lowest BCUT2D eigenvalue weighted by atomic mass is 10.2. The number of halogens is 1. The van der Waals surface area contributed by atoms with Gasteiger partial charge in [-0.15, -0.1) is 11.3 Å².